The first-order valence-electron chi connectivity index (χ1n) is 9.85. The second-order valence-corrected chi connectivity index (χ2v) is 10.7. The molecule has 0 saturated carbocycles. The van der Waals surface area contributed by atoms with Crippen LogP contribution in [0.3, 0.4) is 0 Å². The van der Waals surface area contributed by atoms with Crippen molar-refractivity contribution in [1.29, 1.82) is 0 Å². The second-order valence-electron chi connectivity index (χ2n) is 7.50. The Labute approximate surface area is 181 Å². The van der Waals surface area contributed by atoms with E-state index in [9.17, 15) is 13.2 Å². The summed E-state index contributed by atoms with van der Waals surface area (Å²) in [5.41, 5.74) is 2.93. The maximum atomic E-state index is 12.5. The van der Waals surface area contributed by atoms with Crippen molar-refractivity contribution in [3.8, 4) is 0 Å². The number of amides is 1. The Bertz CT molecular complexity index is 1220. The van der Waals surface area contributed by atoms with Crippen LogP contribution in [0, 0.1) is 0 Å². The number of carbonyl (C=O) groups is 1. The number of rotatable bonds is 8. The van der Waals surface area contributed by atoms with Gasteiger partial charge >= 0.3 is 0 Å². The highest BCUT2D eigenvalue weighted by atomic mass is 32.2. The first-order chi connectivity index (χ1) is 14.3. The van der Waals surface area contributed by atoms with Crippen LogP contribution < -0.4 is 4.80 Å². The van der Waals surface area contributed by atoms with Crippen LogP contribution >= 0.6 is 11.3 Å². The Morgan fingerprint density at radius 3 is 2.60 bits per heavy atom. The number of sulfone groups is 1. The van der Waals surface area contributed by atoms with Gasteiger partial charge in [-0.1, -0.05) is 67.7 Å². The van der Waals surface area contributed by atoms with Crippen molar-refractivity contribution >= 4 is 37.3 Å². The average Bonchev–Trinajstić information content (AvgIpc) is 3.03. The van der Waals surface area contributed by atoms with Crippen LogP contribution in [0.4, 0.5) is 0 Å². The summed E-state index contributed by atoms with van der Waals surface area (Å²) in [6.45, 7) is 8.59. The van der Waals surface area contributed by atoms with E-state index in [4.69, 9.17) is 0 Å². The number of allylic oxidation sites excluding steroid dienone is 1. The van der Waals surface area contributed by atoms with E-state index in [-0.39, 0.29) is 17.9 Å². The molecule has 0 spiro atoms. The van der Waals surface area contributed by atoms with Gasteiger partial charge in [0.15, 0.2) is 14.6 Å². The molecule has 1 aromatic heterocycles. The van der Waals surface area contributed by atoms with E-state index in [0.717, 1.165) is 15.8 Å². The molecule has 0 aliphatic rings. The van der Waals surface area contributed by atoms with E-state index >= 15 is 0 Å². The van der Waals surface area contributed by atoms with Crippen LogP contribution in [-0.2, 0) is 26.9 Å². The highest BCUT2D eigenvalue weighted by Crippen LogP contribution is 2.23. The van der Waals surface area contributed by atoms with Gasteiger partial charge in [-0.15, -0.1) is 6.58 Å². The molecule has 0 aliphatic carbocycles. The second kappa shape index (κ2) is 9.53. The molecule has 0 unspecified atom stereocenters. The third-order valence-corrected chi connectivity index (χ3v) is 7.40. The third kappa shape index (κ3) is 5.55. The number of fused-ring (bicyclic) bond motifs is 1. The van der Waals surface area contributed by atoms with Gasteiger partial charge in [-0.3, -0.25) is 4.79 Å². The average molecular weight is 443 g/mol. The van der Waals surface area contributed by atoms with Gasteiger partial charge in [-0.05, 0) is 29.2 Å². The molecule has 3 aromatic rings. The summed E-state index contributed by atoms with van der Waals surface area (Å²) in [6, 6.07) is 15.2. The van der Waals surface area contributed by atoms with E-state index in [0.29, 0.717) is 17.3 Å². The largest absolute Gasteiger partial charge is 0.313 e. The lowest BCUT2D eigenvalue weighted by Crippen LogP contribution is -2.18. The number of aromatic nitrogens is 1. The molecule has 0 atom stereocenters. The Morgan fingerprint density at radius 1 is 1.20 bits per heavy atom. The predicted molar refractivity (Wildman–Crippen MR) is 123 cm³/mol. The van der Waals surface area contributed by atoms with Gasteiger partial charge in [0.25, 0.3) is 0 Å². The Balaban J connectivity index is 1.81. The fraction of sp³-hybridized carbons (Fsp3) is 0.304. The van der Waals surface area contributed by atoms with Gasteiger partial charge in [0.2, 0.25) is 5.91 Å². The lowest BCUT2D eigenvalue weighted by Gasteiger charge is -2.06. The van der Waals surface area contributed by atoms with Gasteiger partial charge in [0.1, 0.15) is 0 Å². The van der Waals surface area contributed by atoms with Crippen molar-refractivity contribution < 1.29 is 13.2 Å². The summed E-state index contributed by atoms with van der Waals surface area (Å²) in [4.78, 5) is 17.3. The summed E-state index contributed by atoms with van der Waals surface area (Å²) in [7, 11) is -3.38. The monoisotopic (exact) mass is 442 g/mol. The number of thiazole rings is 1. The first-order valence-corrected chi connectivity index (χ1v) is 12.5. The van der Waals surface area contributed by atoms with Crippen LogP contribution in [0.15, 0.2) is 66.2 Å². The maximum Gasteiger partial charge on any atom is 0.249 e. The van der Waals surface area contributed by atoms with Crippen molar-refractivity contribution in [3.63, 3.8) is 0 Å². The number of hydrogen-bond acceptors (Lipinski definition) is 4. The normalized spacial score (nSPS) is 12.6. The van der Waals surface area contributed by atoms with Crippen LogP contribution in [0.25, 0.3) is 10.2 Å². The van der Waals surface area contributed by atoms with Crippen LogP contribution in [0.1, 0.15) is 37.3 Å². The first kappa shape index (κ1) is 22.2. The van der Waals surface area contributed by atoms with E-state index in [1.807, 2.05) is 16.7 Å². The Morgan fingerprint density at radius 2 is 1.93 bits per heavy atom. The van der Waals surface area contributed by atoms with Crippen LogP contribution in [-0.4, -0.2) is 24.6 Å². The molecule has 1 heterocycles. The summed E-state index contributed by atoms with van der Waals surface area (Å²) >= 11 is 1.44. The zero-order valence-electron chi connectivity index (χ0n) is 17.2. The van der Waals surface area contributed by atoms with Crippen molar-refractivity contribution in [3.05, 3.63) is 77.1 Å². The molecule has 0 N–H and O–H groups in total. The van der Waals surface area contributed by atoms with Crippen LogP contribution in [0.5, 0.6) is 0 Å². The Hall–Kier alpha value is -2.51. The van der Waals surface area contributed by atoms with Gasteiger partial charge in [0, 0.05) is 13.0 Å². The molecule has 7 heteroatoms. The molecule has 30 heavy (non-hydrogen) atoms. The maximum absolute atomic E-state index is 12.5. The summed E-state index contributed by atoms with van der Waals surface area (Å²) in [5, 5.41) is 0. The smallest absolute Gasteiger partial charge is 0.249 e. The lowest BCUT2D eigenvalue weighted by atomic mass is 10.0. The molecule has 158 valence electrons. The molecule has 0 bridgehead atoms. The third-order valence-electron chi connectivity index (χ3n) is 4.76. The molecular weight excluding hydrogens is 416 g/mol. The fourth-order valence-electron chi connectivity index (χ4n) is 3.15. The highest BCUT2D eigenvalue weighted by molar-refractivity contribution is 7.90. The van der Waals surface area contributed by atoms with E-state index in [2.05, 4.69) is 37.6 Å². The summed E-state index contributed by atoms with van der Waals surface area (Å²) in [6.07, 6.45) is 1.63. The summed E-state index contributed by atoms with van der Waals surface area (Å²) < 4.78 is 27.7. The SMILES string of the molecule is C=CCn1c(=NC(=O)CCS(=O)(=O)Cc2ccccc2)sc2cc(C(C)C)ccc21. The van der Waals surface area contributed by atoms with E-state index < -0.39 is 15.7 Å². The highest BCUT2D eigenvalue weighted by Gasteiger charge is 2.15. The fourth-order valence-corrected chi connectivity index (χ4v) is 5.58. The van der Waals surface area contributed by atoms with Gasteiger partial charge < -0.3 is 4.57 Å². The topological polar surface area (TPSA) is 68.5 Å². The molecule has 0 saturated heterocycles. The van der Waals surface area contributed by atoms with Crippen LogP contribution in [0.2, 0.25) is 0 Å². The minimum atomic E-state index is -3.38. The van der Waals surface area contributed by atoms with Crippen molar-refractivity contribution in [2.24, 2.45) is 4.99 Å². The number of hydrogen-bond donors (Lipinski definition) is 0. The van der Waals surface area contributed by atoms with Gasteiger partial charge in [-0.25, -0.2) is 8.42 Å². The zero-order chi connectivity index (χ0) is 21.7. The number of nitrogens with zero attached hydrogens (tertiary/aromatic N) is 2. The molecular formula is C23H26N2O3S2. The van der Waals surface area contributed by atoms with Gasteiger partial charge in [0.05, 0.1) is 21.7 Å². The zero-order valence-corrected chi connectivity index (χ0v) is 18.9. The molecule has 1 amide bonds. The molecule has 0 radical (unpaired) electrons. The molecule has 3 rings (SSSR count). The molecule has 5 nitrogen and oxygen atoms in total. The van der Waals surface area contributed by atoms with Crippen molar-refractivity contribution in [2.45, 2.75) is 38.5 Å². The van der Waals surface area contributed by atoms with Crippen molar-refractivity contribution in [2.75, 3.05) is 5.75 Å². The molecule has 0 fully saturated rings. The predicted octanol–water partition coefficient (Wildman–Crippen LogP) is 4.44. The quantitative estimate of drug-likeness (QED) is 0.484. The molecule has 2 aromatic carbocycles. The summed E-state index contributed by atoms with van der Waals surface area (Å²) in [5.74, 6) is -0.312. The van der Waals surface area contributed by atoms with E-state index in [1.54, 1.807) is 30.3 Å². The lowest BCUT2D eigenvalue weighted by molar-refractivity contribution is -0.117. The van der Waals surface area contributed by atoms with Gasteiger partial charge in [-0.2, -0.15) is 4.99 Å². The van der Waals surface area contributed by atoms with E-state index in [1.165, 1.54) is 16.9 Å². The molecule has 0 aliphatic heterocycles. The Kier molecular flexibility index (Phi) is 7.05. The van der Waals surface area contributed by atoms with Crippen molar-refractivity contribution in [1.82, 2.24) is 4.57 Å². The minimum absolute atomic E-state index is 0.0710. The number of carbonyl (C=O) groups excluding carboxylic acids is 1. The minimum Gasteiger partial charge on any atom is -0.313 e. The standard InChI is InChI=1S/C23H26N2O3S2/c1-4-13-25-20-11-10-19(17(2)3)15-21(20)29-23(25)24-22(26)12-14-30(27,28)16-18-8-6-5-7-9-18/h4-11,15,17H,1,12-14,16H2,2-3H3. The number of benzene rings is 2.